The van der Waals surface area contributed by atoms with Crippen molar-refractivity contribution in [3.63, 3.8) is 0 Å². The van der Waals surface area contributed by atoms with Crippen LogP contribution < -0.4 is 15.3 Å². The van der Waals surface area contributed by atoms with Crippen molar-refractivity contribution in [2.45, 2.75) is 37.5 Å². The van der Waals surface area contributed by atoms with E-state index in [2.05, 4.69) is 19.3 Å². The smallest absolute Gasteiger partial charge is 0.306 e. The Bertz CT molecular complexity index is 953. The molecule has 0 heterocycles. The minimum Gasteiger partial charge on any atom is -0.306 e. The maximum atomic E-state index is 12.5. The predicted octanol–water partition coefficient (Wildman–Crippen LogP) is 3.54. The van der Waals surface area contributed by atoms with E-state index < -0.39 is 16.1 Å². The van der Waals surface area contributed by atoms with Crippen LogP contribution in [0.1, 0.15) is 29.5 Å². The topological polar surface area (TPSA) is 75.3 Å². The molecule has 0 spiro atoms. The third-order valence-electron chi connectivity index (χ3n) is 4.43. The highest BCUT2D eigenvalue weighted by Crippen LogP contribution is 2.24. The van der Waals surface area contributed by atoms with Crippen molar-refractivity contribution in [3.8, 4) is 0 Å². The van der Waals surface area contributed by atoms with Gasteiger partial charge in [0.1, 0.15) is 0 Å². The van der Waals surface area contributed by atoms with E-state index in [0.29, 0.717) is 16.0 Å². The SMILES string of the molecule is Cc1cc(Cl)cc(P)c1NC(=O)NS(=O)(=O)c1ccc2c(c1)CCCC2. The largest absolute Gasteiger partial charge is 0.333 e. The van der Waals surface area contributed by atoms with E-state index >= 15 is 0 Å². The molecule has 138 valence electrons. The molecule has 0 aliphatic heterocycles. The molecule has 1 aliphatic rings. The third-order valence-corrected chi connectivity index (χ3v) is 6.43. The second-order valence-corrected chi connectivity index (χ2v) is 9.13. The molecular formula is C18H20ClN2O3PS. The van der Waals surface area contributed by atoms with Crippen LogP contribution in [0.15, 0.2) is 35.2 Å². The van der Waals surface area contributed by atoms with Crippen molar-refractivity contribution in [2.24, 2.45) is 0 Å². The number of sulfonamides is 1. The summed E-state index contributed by atoms with van der Waals surface area (Å²) in [7, 11) is -1.47. The van der Waals surface area contributed by atoms with Crippen LogP contribution in [-0.4, -0.2) is 14.4 Å². The van der Waals surface area contributed by atoms with Gasteiger partial charge in [-0.25, -0.2) is 17.9 Å². The molecule has 0 aromatic heterocycles. The molecule has 0 bridgehead atoms. The number of amides is 2. The van der Waals surface area contributed by atoms with E-state index in [1.54, 1.807) is 31.2 Å². The highest BCUT2D eigenvalue weighted by molar-refractivity contribution is 7.90. The number of carbonyl (C=O) groups excluding carboxylic acids is 1. The zero-order valence-electron chi connectivity index (χ0n) is 14.3. The second-order valence-electron chi connectivity index (χ2n) is 6.38. The van der Waals surface area contributed by atoms with Gasteiger partial charge in [0.05, 0.1) is 10.6 Å². The number of anilines is 1. The monoisotopic (exact) mass is 410 g/mol. The van der Waals surface area contributed by atoms with E-state index in [1.807, 2.05) is 6.07 Å². The van der Waals surface area contributed by atoms with Gasteiger partial charge in [-0.1, -0.05) is 17.7 Å². The Morgan fingerprint density at radius 2 is 1.81 bits per heavy atom. The first-order chi connectivity index (χ1) is 12.3. The molecule has 1 atom stereocenters. The van der Waals surface area contributed by atoms with Crippen LogP contribution in [0.3, 0.4) is 0 Å². The molecule has 2 N–H and O–H groups in total. The molecule has 0 saturated heterocycles. The molecule has 8 heteroatoms. The van der Waals surface area contributed by atoms with Crippen molar-refractivity contribution in [1.82, 2.24) is 4.72 Å². The zero-order chi connectivity index (χ0) is 18.9. The Kier molecular flexibility index (Phi) is 5.56. The highest BCUT2D eigenvalue weighted by Gasteiger charge is 2.21. The Morgan fingerprint density at radius 1 is 1.12 bits per heavy atom. The molecule has 5 nitrogen and oxygen atoms in total. The zero-order valence-corrected chi connectivity index (χ0v) is 17.0. The van der Waals surface area contributed by atoms with Gasteiger partial charge < -0.3 is 5.32 Å². The Morgan fingerprint density at radius 3 is 2.50 bits per heavy atom. The van der Waals surface area contributed by atoms with Crippen molar-refractivity contribution in [2.75, 3.05) is 5.32 Å². The summed E-state index contributed by atoms with van der Waals surface area (Å²) in [6.07, 6.45) is 4.01. The van der Waals surface area contributed by atoms with E-state index in [1.165, 1.54) is 5.56 Å². The van der Waals surface area contributed by atoms with Crippen molar-refractivity contribution >= 4 is 47.9 Å². The number of nitrogens with one attached hydrogen (secondary N) is 2. The van der Waals surface area contributed by atoms with Gasteiger partial charge in [-0.3, -0.25) is 0 Å². The number of benzene rings is 2. The van der Waals surface area contributed by atoms with Crippen LogP contribution >= 0.6 is 20.8 Å². The fourth-order valence-corrected chi connectivity index (χ4v) is 4.96. The third kappa shape index (κ3) is 4.20. The maximum Gasteiger partial charge on any atom is 0.333 e. The molecule has 2 aromatic rings. The molecule has 0 fully saturated rings. The second kappa shape index (κ2) is 7.55. The Hall–Kier alpha value is -1.62. The van der Waals surface area contributed by atoms with Gasteiger partial charge in [0.2, 0.25) is 0 Å². The maximum absolute atomic E-state index is 12.5. The summed E-state index contributed by atoms with van der Waals surface area (Å²) in [5.41, 5.74) is 3.48. The number of aryl methyl sites for hydroxylation is 3. The first-order valence-corrected chi connectivity index (χ1v) is 10.7. The summed E-state index contributed by atoms with van der Waals surface area (Å²) < 4.78 is 27.2. The van der Waals surface area contributed by atoms with Gasteiger partial charge in [0.15, 0.2) is 0 Å². The summed E-state index contributed by atoms with van der Waals surface area (Å²) in [4.78, 5) is 12.3. The lowest BCUT2D eigenvalue weighted by atomic mass is 9.92. The van der Waals surface area contributed by atoms with Crippen LogP contribution in [0.4, 0.5) is 10.5 Å². The van der Waals surface area contributed by atoms with Crippen LogP contribution in [0, 0.1) is 6.92 Å². The first-order valence-electron chi connectivity index (χ1n) is 8.27. The number of hydrogen-bond acceptors (Lipinski definition) is 3. The number of urea groups is 1. The fourth-order valence-electron chi connectivity index (χ4n) is 3.14. The van der Waals surface area contributed by atoms with Gasteiger partial charge in [0, 0.05) is 5.02 Å². The summed E-state index contributed by atoms with van der Waals surface area (Å²) in [5.74, 6) is 0. The minimum atomic E-state index is -3.94. The molecule has 2 amide bonds. The average Bonchev–Trinajstić information content (AvgIpc) is 2.57. The van der Waals surface area contributed by atoms with Gasteiger partial charge in [-0.05, 0) is 78.9 Å². The molecule has 26 heavy (non-hydrogen) atoms. The fraction of sp³-hybridized carbons (Fsp3) is 0.278. The Labute approximate surface area is 160 Å². The molecular weight excluding hydrogens is 391 g/mol. The van der Waals surface area contributed by atoms with E-state index in [9.17, 15) is 13.2 Å². The van der Waals surface area contributed by atoms with Crippen LogP contribution in [-0.2, 0) is 22.9 Å². The van der Waals surface area contributed by atoms with Gasteiger partial charge in [0.25, 0.3) is 10.0 Å². The van der Waals surface area contributed by atoms with E-state index in [0.717, 1.165) is 36.8 Å². The summed E-state index contributed by atoms with van der Waals surface area (Å²) in [6, 6.07) is 7.62. The normalized spacial score (nSPS) is 13.8. The number of fused-ring (bicyclic) bond motifs is 1. The van der Waals surface area contributed by atoms with Gasteiger partial charge >= 0.3 is 6.03 Å². The number of hydrogen-bond donors (Lipinski definition) is 2. The standard InChI is InChI=1S/C18H20ClN2O3PS/c1-11-8-14(19)10-16(25)17(11)20-18(22)21-26(23,24)15-7-6-12-4-2-3-5-13(12)9-15/h6-10H,2-5,25H2,1H3,(H2,20,21,22). The highest BCUT2D eigenvalue weighted by atomic mass is 35.5. The number of halogens is 1. The lowest BCUT2D eigenvalue weighted by Gasteiger charge is -2.17. The van der Waals surface area contributed by atoms with E-state index in [4.69, 9.17) is 11.6 Å². The van der Waals surface area contributed by atoms with Gasteiger partial charge in [-0.15, -0.1) is 9.24 Å². The summed E-state index contributed by atoms with van der Waals surface area (Å²) in [5, 5.41) is 3.80. The molecule has 1 unspecified atom stereocenters. The summed E-state index contributed by atoms with van der Waals surface area (Å²) >= 11 is 5.97. The predicted molar refractivity (Wildman–Crippen MR) is 108 cm³/mol. The molecule has 0 saturated carbocycles. The van der Waals surface area contributed by atoms with Crippen LogP contribution in [0.5, 0.6) is 0 Å². The van der Waals surface area contributed by atoms with Crippen molar-refractivity contribution < 1.29 is 13.2 Å². The first kappa shape index (κ1) is 19.2. The molecule has 0 radical (unpaired) electrons. The van der Waals surface area contributed by atoms with Crippen molar-refractivity contribution in [3.05, 3.63) is 52.0 Å². The quantitative estimate of drug-likeness (QED) is 0.760. The lowest BCUT2D eigenvalue weighted by molar-refractivity contribution is 0.256. The molecule has 3 rings (SSSR count). The molecule has 2 aromatic carbocycles. The average molecular weight is 411 g/mol. The van der Waals surface area contributed by atoms with Gasteiger partial charge in [-0.2, -0.15) is 0 Å². The summed E-state index contributed by atoms with van der Waals surface area (Å²) in [6.45, 7) is 1.78. The van der Waals surface area contributed by atoms with E-state index in [-0.39, 0.29) is 4.90 Å². The minimum absolute atomic E-state index is 0.104. The van der Waals surface area contributed by atoms with Crippen molar-refractivity contribution in [1.29, 1.82) is 0 Å². The number of rotatable bonds is 3. The Balaban J connectivity index is 1.78. The van der Waals surface area contributed by atoms with Crippen LogP contribution in [0.25, 0.3) is 0 Å². The molecule has 1 aliphatic carbocycles. The van der Waals surface area contributed by atoms with Crippen LogP contribution in [0.2, 0.25) is 5.02 Å². The number of carbonyl (C=O) groups is 1. The lowest BCUT2D eigenvalue weighted by Crippen LogP contribution is -2.35.